The summed E-state index contributed by atoms with van der Waals surface area (Å²) in [5, 5.41) is 6.34. The van der Waals surface area contributed by atoms with Crippen LogP contribution in [0.5, 0.6) is 0 Å². The van der Waals surface area contributed by atoms with Gasteiger partial charge in [0, 0.05) is 44.5 Å². The van der Waals surface area contributed by atoms with Gasteiger partial charge in [-0.3, -0.25) is 5.32 Å². The molecule has 0 bridgehead atoms. The fraction of sp³-hybridized carbons (Fsp3) is 0.600. The van der Waals surface area contributed by atoms with Crippen LogP contribution >= 0.6 is 0 Å². The number of likely N-dealkylation sites (tertiary alicyclic amines) is 1. The minimum absolute atomic E-state index is 0.000273. The third-order valence-electron chi connectivity index (χ3n) is 6.87. The number of nitrogens with one attached hydrogen (secondary N) is 2. The van der Waals surface area contributed by atoms with E-state index in [1.54, 1.807) is 36.6 Å². The third kappa shape index (κ3) is 12.9. The van der Waals surface area contributed by atoms with Gasteiger partial charge in [-0.05, 0) is 105 Å². The van der Waals surface area contributed by atoms with E-state index in [2.05, 4.69) is 10.6 Å². The number of hydrogen-bond donors (Lipinski definition) is 2. The van der Waals surface area contributed by atoms with Crippen molar-refractivity contribution in [2.75, 3.05) is 31.5 Å². The average molecular weight is 640 g/mol. The molecule has 11 heteroatoms. The highest BCUT2D eigenvalue weighted by atomic mass is 16.6. The molecule has 0 aliphatic carbocycles. The summed E-state index contributed by atoms with van der Waals surface area (Å²) in [6.45, 7) is 20.7. The maximum atomic E-state index is 13.1. The number of amides is 3. The van der Waals surface area contributed by atoms with Gasteiger partial charge < -0.3 is 29.3 Å². The summed E-state index contributed by atoms with van der Waals surface area (Å²) in [6, 6.07) is 13.5. The normalized spacial score (nSPS) is 17.0. The summed E-state index contributed by atoms with van der Waals surface area (Å²) in [6.07, 6.45) is -0.768. The van der Waals surface area contributed by atoms with Crippen molar-refractivity contribution in [3.8, 4) is 0 Å². The van der Waals surface area contributed by atoms with Crippen LogP contribution in [0.25, 0.3) is 0 Å². The lowest BCUT2D eigenvalue weighted by molar-refractivity contribution is 0.0233. The van der Waals surface area contributed by atoms with Crippen LogP contribution in [0.2, 0.25) is 0 Å². The molecule has 1 fully saturated rings. The minimum atomic E-state index is -0.634. The second-order valence-electron chi connectivity index (χ2n) is 14.9. The summed E-state index contributed by atoms with van der Waals surface area (Å²) < 4.78 is 16.8. The van der Waals surface area contributed by atoms with Crippen LogP contribution in [-0.4, -0.2) is 82.1 Å². The van der Waals surface area contributed by atoms with Crippen LogP contribution in [0.3, 0.4) is 0 Å². The zero-order valence-corrected chi connectivity index (χ0v) is 29.2. The largest absolute Gasteiger partial charge is 0.444 e. The quantitative estimate of drug-likeness (QED) is 0.297. The second-order valence-corrected chi connectivity index (χ2v) is 14.9. The molecule has 1 aliphatic rings. The van der Waals surface area contributed by atoms with E-state index in [-0.39, 0.29) is 24.1 Å². The predicted molar refractivity (Wildman–Crippen MR) is 179 cm³/mol. The smallest absolute Gasteiger partial charge is 0.413 e. The fourth-order valence-electron chi connectivity index (χ4n) is 5.12. The molecule has 1 aliphatic heterocycles. The number of aryl methyl sites for hydroxylation is 1. The van der Waals surface area contributed by atoms with Crippen molar-refractivity contribution in [1.29, 1.82) is 0 Å². The molecular formula is C35H53N5O6. The number of ether oxygens (including phenoxy) is 3. The zero-order valence-electron chi connectivity index (χ0n) is 29.2. The van der Waals surface area contributed by atoms with E-state index in [0.29, 0.717) is 45.0 Å². The highest BCUT2D eigenvalue weighted by molar-refractivity contribution is 5.83. The molecule has 0 radical (unpaired) electrons. The molecular weight excluding hydrogens is 586 g/mol. The van der Waals surface area contributed by atoms with Gasteiger partial charge in [0.15, 0.2) is 0 Å². The Bertz CT molecular complexity index is 1330. The minimum Gasteiger partial charge on any atom is -0.444 e. The number of aromatic nitrogens is 1. The summed E-state index contributed by atoms with van der Waals surface area (Å²) in [5.41, 5.74) is 0.852. The SMILES string of the molecule is Cc1cc(CC2CN(C(=O)OC(C)(C)C)CC2NCCN(Cc2ccccc2)C(=O)OC(C)(C)C)nc(NC(=O)OC(C)(C)C)c1. The number of anilines is 1. The van der Waals surface area contributed by atoms with Gasteiger partial charge in [-0.2, -0.15) is 0 Å². The molecule has 2 atom stereocenters. The third-order valence-corrected chi connectivity index (χ3v) is 6.87. The average Bonchev–Trinajstić information content (AvgIpc) is 3.27. The molecule has 3 amide bonds. The second kappa shape index (κ2) is 15.2. The number of nitrogens with zero attached hydrogens (tertiary/aromatic N) is 3. The van der Waals surface area contributed by atoms with Gasteiger partial charge in [-0.25, -0.2) is 19.4 Å². The van der Waals surface area contributed by atoms with Gasteiger partial charge in [-0.15, -0.1) is 0 Å². The zero-order chi connectivity index (χ0) is 34.3. The molecule has 0 spiro atoms. The molecule has 3 rings (SSSR count). The van der Waals surface area contributed by atoms with E-state index in [1.165, 1.54) is 0 Å². The number of rotatable bonds is 9. The topological polar surface area (TPSA) is 122 Å². The van der Waals surface area contributed by atoms with Gasteiger partial charge >= 0.3 is 18.3 Å². The van der Waals surface area contributed by atoms with E-state index in [4.69, 9.17) is 19.2 Å². The van der Waals surface area contributed by atoms with E-state index >= 15 is 0 Å². The van der Waals surface area contributed by atoms with Crippen molar-refractivity contribution in [3.05, 3.63) is 59.3 Å². The number of pyridine rings is 1. The van der Waals surface area contributed by atoms with Crippen molar-refractivity contribution < 1.29 is 28.6 Å². The summed E-state index contributed by atoms with van der Waals surface area (Å²) in [7, 11) is 0. The Kier molecular flexibility index (Phi) is 12.1. The van der Waals surface area contributed by atoms with Gasteiger partial charge in [0.2, 0.25) is 0 Å². The van der Waals surface area contributed by atoms with Crippen LogP contribution in [-0.2, 0) is 27.2 Å². The molecule has 2 N–H and O–H groups in total. The first-order valence-corrected chi connectivity index (χ1v) is 16.0. The van der Waals surface area contributed by atoms with Crippen molar-refractivity contribution in [2.45, 2.75) is 105 Å². The van der Waals surface area contributed by atoms with E-state index in [0.717, 1.165) is 16.8 Å². The van der Waals surface area contributed by atoms with Crippen LogP contribution in [0.15, 0.2) is 42.5 Å². The molecule has 2 unspecified atom stereocenters. The molecule has 1 aromatic heterocycles. The number of benzene rings is 1. The lowest BCUT2D eigenvalue weighted by Crippen LogP contribution is -2.44. The maximum absolute atomic E-state index is 13.1. The lowest BCUT2D eigenvalue weighted by Gasteiger charge is -2.28. The fourth-order valence-corrected chi connectivity index (χ4v) is 5.12. The molecule has 46 heavy (non-hydrogen) atoms. The van der Waals surface area contributed by atoms with Crippen molar-refractivity contribution >= 4 is 24.1 Å². The molecule has 11 nitrogen and oxygen atoms in total. The molecule has 2 heterocycles. The molecule has 1 aromatic carbocycles. The molecule has 1 saturated heterocycles. The van der Waals surface area contributed by atoms with Crippen LogP contribution in [0.1, 0.15) is 79.1 Å². The van der Waals surface area contributed by atoms with Gasteiger partial charge in [-0.1, -0.05) is 30.3 Å². The first-order chi connectivity index (χ1) is 21.3. The van der Waals surface area contributed by atoms with E-state index < -0.39 is 22.9 Å². The lowest BCUT2D eigenvalue weighted by atomic mass is 9.97. The van der Waals surface area contributed by atoms with Crippen LogP contribution < -0.4 is 10.6 Å². The standard InChI is InChI=1S/C35H53N5O6/c1-24-18-27(37-29(19-24)38-30(41)44-33(2,3)4)20-26-22-40(32(43)46-35(8,9)10)23-28(26)36-16-17-39(31(42)45-34(5,6)7)21-25-14-12-11-13-15-25/h11-15,18-19,26,28,36H,16-17,20-23H2,1-10H3,(H,37,38,41). The van der Waals surface area contributed by atoms with Gasteiger partial charge in [0.25, 0.3) is 0 Å². The Hall–Kier alpha value is -3.86. The Morgan fingerprint density at radius 3 is 2.13 bits per heavy atom. The summed E-state index contributed by atoms with van der Waals surface area (Å²) in [4.78, 5) is 46.8. The monoisotopic (exact) mass is 639 g/mol. The highest BCUT2D eigenvalue weighted by Gasteiger charge is 2.37. The van der Waals surface area contributed by atoms with Crippen molar-refractivity contribution in [2.24, 2.45) is 5.92 Å². The molecule has 2 aromatic rings. The van der Waals surface area contributed by atoms with E-state index in [1.807, 2.05) is 84.9 Å². The number of hydrogen-bond acceptors (Lipinski definition) is 8. The predicted octanol–water partition coefficient (Wildman–Crippen LogP) is 6.54. The Morgan fingerprint density at radius 2 is 1.52 bits per heavy atom. The summed E-state index contributed by atoms with van der Waals surface area (Å²) >= 11 is 0. The summed E-state index contributed by atoms with van der Waals surface area (Å²) in [5.74, 6) is 0.407. The van der Waals surface area contributed by atoms with Crippen molar-refractivity contribution in [1.82, 2.24) is 20.1 Å². The number of carbonyl (C=O) groups excluding carboxylic acids is 3. The first kappa shape index (κ1) is 36.6. The number of carbonyl (C=O) groups is 3. The first-order valence-electron chi connectivity index (χ1n) is 16.0. The Labute approximate surface area is 274 Å². The van der Waals surface area contributed by atoms with Gasteiger partial charge in [0.1, 0.15) is 22.6 Å². The van der Waals surface area contributed by atoms with Crippen LogP contribution in [0.4, 0.5) is 20.2 Å². The maximum Gasteiger partial charge on any atom is 0.413 e. The van der Waals surface area contributed by atoms with Gasteiger partial charge in [0.05, 0.1) is 0 Å². The Morgan fingerprint density at radius 1 is 0.891 bits per heavy atom. The van der Waals surface area contributed by atoms with Crippen molar-refractivity contribution in [3.63, 3.8) is 0 Å². The Balaban J connectivity index is 1.76. The molecule has 0 saturated carbocycles. The highest BCUT2D eigenvalue weighted by Crippen LogP contribution is 2.25. The van der Waals surface area contributed by atoms with Crippen LogP contribution in [0, 0.1) is 12.8 Å². The molecule has 254 valence electrons. The van der Waals surface area contributed by atoms with E-state index in [9.17, 15) is 14.4 Å².